The van der Waals surface area contributed by atoms with Crippen LogP contribution in [0.4, 0.5) is 4.20 Å². The first kappa shape index (κ1) is 16.0. The Kier molecular flexibility index (Phi) is 13.0. The summed E-state index contributed by atoms with van der Waals surface area (Å²) in [5.74, 6) is 0. The molecule has 0 aromatic carbocycles. The van der Waals surface area contributed by atoms with Gasteiger partial charge in [0.25, 0.3) is 0 Å². The van der Waals surface area contributed by atoms with E-state index in [0.29, 0.717) is 6.61 Å². The van der Waals surface area contributed by atoms with Crippen molar-refractivity contribution in [2.45, 2.75) is 71.1 Å². The summed E-state index contributed by atoms with van der Waals surface area (Å²) in [6, 6.07) is 0. The minimum Gasteiger partial charge on any atom is -0.115 e. The number of halogens is 1. The fourth-order valence-electron chi connectivity index (χ4n) is 1.73. The number of unbranched alkanes of at least 4 members (excludes halogenated alkanes) is 9. The Morgan fingerprint density at radius 3 is 1.75 bits per heavy atom. The van der Waals surface area contributed by atoms with Gasteiger partial charge in [0.2, 0.25) is 0 Å². The van der Waals surface area contributed by atoms with E-state index in [-0.39, 0.29) is 0 Å². The van der Waals surface area contributed by atoms with Crippen LogP contribution in [0.5, 0.6) is 0 Å². The second-order valence-corrected chi connectivity index (χ2v) is 4.91. The number of hydrogen-bond donors (Lipinski definition) is 0. The second kappa shape index (κ2) is 13.1. The third-order valence-corrected chi connectivity index (χ3v) is 3.08. The van der Waals surface area contributed by atoms with E-state index in [0.717, 1.165) is 12.8 Å². The molecular formula is C12H25FO2P+. The summed E-state index contributed by atoms with van der Waals surface area (Å²) in [7, 11) is -2.89. The SMILES string of the molecule is CCCCCCCCCCCCO[P+](=O)F. The van der Waals surface area contributed by atoms with Crippen molar-refractivity contribution in [2.75, 3.05) is 6.61 Å². The van der Waals surface area contributed by atoms with Crippen molar-refractivity contribution < 1.29 is 13.3 Å². The molecule has 0 aliphatic rings. The zero-order chi connectivity index (χ0) is 12.1. The lowest BCUT2D eigenvalue weighted by atomic mass is 10.1. The van der Waals surface area contributed by atoms with Crippen molar-refractivity contribution in [3.05, 3.63) is 0 Å². The van der Waals surface area contributed by atoms with Crippen LogP contribution in [-0.4, -0.2) is 6.61 Å². The highest BCUT2D eigenvalue weighted by molar-refractivity contribution is 7.32. The van der Waals surface area contributed by atoms with E-state index in [1.165, 1.54) is 51.4 Å². The van der Waals surface area contributed by atoms with Gasteiger partial charge in [0.15, 0.2) is 0 Å². The molecule has 0 spiro atoms. The van der Waals surface area contributed by atoms with Crippen molar-refractivity contribution >= 4 is 8.34 Å². The molecule has 0 fully saturated rings. The van der Waals surface area contributed by atoms with Crippen molar-refractivity contribution in [2.24, 2.45) is 0 Å². The highest BCUT2D eigenvalue weighted by Crippen LogP contribution is 2.23. The third kappa shape index (κ3) is 14.0. The van der Waals surface area contributed by atoms with Crippen LogP contribution in [0.15, 0.2) is 0 Å². The molecule has 0 bridgehead atoms. The molecule has 0 aliphatic carbocycles. The molecule has 0 amide bonds. The van der Waals surface area contributed by atoms with E-state index in [1.54, 1.807) is 0 Å². The molecule has 16 heavy (non-hydrogen) atoms. The molecule has 0 N–H and O–H groups in total. The number of rotatable bonds is 12. The van der Waals surface area contributed by atoms with Gasteiger partial charge in [-0.05, 0) is 6.42 Å². The van der Waals surface area contributed by atoms with Gasteiger partial charge in [-0.3, -0.25) is 0 Å². The Labute approximate surface area is 99.9 Å². The fourth-order valence-corrected chi connectivity index (χ4v) is 2.00. The van der Waals surface area contributed by atoms with Crippen LogP contribution in [0.2, 0.25) is 0 Å². The molecule has 2 nitrogen and oxygen atoms in total. The summed E-state index contributed by atoms with van der Waals surface area (Å²) in [6.45, 7) is 2.52. The lowest BCUT2D eigenvalue weighted by molar-refractivity contribution is 0.295. The maximum atomic E-state index is 11.8. The molecule has 1 unspecified atom stereocenters. The van der Waals surface area contributed by atoms with Crippen LogP contribution >= 0.6 is 8.34 Å². The molecule has 0 aliphatic heterocycles. The minimum atomic E-state index is -2.89. The normalized spacial score (nSPS) is 11.8. The average Bonchev–Trinajstić information content (AvgIpc) is 2.25. The Hall–Kier alpha value is -0.0100. The van der Waals surface area contributed by atoms with E-state index < -0.39 is 8.34 Å². The van der Waals surface area contributed by atoms with Gasteiger partial charge in [0, 0.05) is 4.57 Å². The zero-order valence-corrected chi connectivity index (χ0v) is 11.3. The molecule has 0 aromatic rings. The van der Waals surface area contributed by atoms with Gasteiger partial charge in [0.1, 0.15) is 6.61 Å². The highest BCUT2D eigenvalue weighted by atomic mass is 31.2. The maximum absolute atomic E-state index is 11.8. The van der Waals surface area contributed by atoms with Crippen LogP contribution in [0.3, 0.4) is 0 Å². The van der Waals surface area contributed by atoms with Gasteiger partial charge in [-0.2, -0.15) is 0 Å². The largest absolute Gasteiger partial charge is 0.746 e. The smallest absolute Gasteiger partial charge is 0.115 e. The molecule has 0 rings (SSSR count). The predicted molar refractivity (Wildman–Crippen MR) is 66.5 cm³/mol. The van der Waals surface area contributed by atoms with E-state index in [9.17, 15) is 8.76 Å². The van der Waals surface area contributed by atoms with E-state index >= 15 is 0 Å². The topological polar surface area (TPSA) is 26.3 Å². The van der Waals surface area contributed by atoms with Crippen LogP contribution in [0.25, 0.3) is 0 Å². The Morgan fingerprint density at radius 1 is 0.875 bits per heavy atom. The Bertz CT molecular complexity index is 165. The van der Waals surface area contributed by atoms with Crippen molar-refractivity contribution in [3.63, 3.8) is 0 Å². The lowest BCUT2D eigenvalue weighted by Gasteiger charge is -2.00. The van der Waals surface area contributed by atoms with Crippen LogP contribution in [0, 0.1) is 0 Å². The first-order valence-electron chi connectivity index (χ1n) is 6.53. The van der Waals surface area contributed by atoms with Crippen LogP contribution < -0.4 is 0 Å². The van der Waals surface area contributed by atoms with E-state index in [1.807, 2.05) is 0 Å². The molecule has 0 saturated carbocycles. The molecule has 0 radical (unpaired) electrons. The summed E-state index contributed by atoms with van der Waals surface area (Å²) < 4.78 is 26.1. The minimum absolute atomic E-state index is 0.294. The maximum Gasteiger partial charge on any atom is 0.746 e. The van der Waals surface area contributed by atoms with E-state index in [2.05, 4.69) is 11.4 Å². The quantitative estimate of drug-likeness (QED) is 0.335. The van der Waals surface area contributed by atoms with Gasteiger partial charge in [-0.25, -0.2) is 0 Å². The summed E-state index contributed by atoms with van der Waals surface area (Å²) in [5.41, 5.74) is 0. The van der Waals surface area contributed by atoms with Gasteiger partial charge >= 0.3 is 8.34 Å². The second-order valence-electron chi connectivity index (χ2n) is 4.23. The number of hydrogen-bond acceptors (Lipinski definition) is 2. The lowest BCUT2D eigenvalue weighted by Crippen LogP contribution is -1.86. The molecular weight excluding hydrogens is 226 g/mol. The van der Waals surface area contributed by atoms with Crippen molar-refractivity contribution in [3.8, 4) is 0 Å². The van der Waals surface area contributed by atoms with Crippen LogP contribution in [-0.2, 0) is 9.09 Å². The Balaban J connectivity index is 2.90. The molecule has 0 heterocycles. The monoisotopic (exact) mass is 251 g/mol. The van der Waals surface area contributed by atoms with Gasteiger partial charge in [0.05, 0.1) is 4.20 Å². The first-order chi connectivity index (χ1) is 7.77. The summed E-state index contributed by atoms with van der Waals surface area (Å²) in [5, 5.41) is 0. The average molecular weight is 251 g/mol. The zero-order valence-electron chi connectivity index (χ0n) is 10.4. The summed E-state index contributed by atoms with van der Waals surface area (Å²) in [6.07, 6.45) is 12.4. The van der Waals surface area contributed by atoms with Crippen molar-refractivity contribution in [1.82, 2.24) is 0 Å². The molecule has 1 atom stereocenters. The van der Waals surface area contributed by atoms with Gasteiger partial charge in [-0.1, -0.05) is 64.7 Å². The Morgan fingerprint density at radius 2 is 1.31 bits per heavy atom. The molecule has 0 saturated heterocycles. The summed E-state index contributed by atoms with van der Waals surface area (Å²) >= 11 is 0. The molecule has 0 aromatic heterocycles. The molecule has 96 valence electrons. The van der Waals surface area contributed by atoms with Gasteiger partial charge in [-0.15, -0.1) is 4.52 Å². The predicted octanol–water partition coefficient (Wildman–Crippen LogP) is 5.55. The van der Waals surface area contributed by atoms with Crippen LogP contribution in [0.1, 0.15) is 71.1 Å². The van der Waals surface area contributed by atoms with Crippen molar-refractivity contribution in [1.29, 1.82) is 0 Å². The standard InChI is InChI=1S/C12H25FO2P/c1-2-3-4-5-6-7-8-9-10-11-12-15-16(13)14/h2-12H2,1H3/q+1. The highest BCUT2D eigenvalue weighted by Gasteiger charge is 2.14. The first-order valence-corrected chi connectivity index (χ1v) is 7.60. The summed E-state index contributed by atoms with van der Waals surface area (Å²) in [4.78, 5) is 0. The van der Waals surface area contributed by atoms with Gasteiger partial charge < -0.3 is 0 Å². The third-order valence-electron chi connectivity index (χ3n) is 2.69. The molecule has 4 heteroatoms. The van der Waals surface area contributed by atoms with E-state index in [4.69, 9.17) is 0 Å². The fraction of sp³-hybridized carbons (Fsp3) is 1.00.